The highest BCUT2D eigenvalue weighted by atomic mass is 17.1. The van der Waals surface area contributed by atoms with Crippen LogP contribution < -0.4 is 0 Å². The van der Waals surface area contributed by atoms with Crippen LogP contribution in [0.1, 0.15) is 11.1 Å². The Morgan fingerprint density at radius 2 is 1.83 bits per heavy atom. The van der Waals surface area contributed by atoms with Crippen molar-refractivity contribution in [2.24, 2.45) is 0 Å². The summed E-state index contributed by atoms with van der Waals surface area (Å²) < 4.78 is 0. The molecule has 1 aromatic carbocycles. The van der Waals surface area contributed by atoms with E-state index in [-0.39, 0.29) is 6.61 Å². The van der Waals surface area contributed by atoms with Gasteiger partial charge in [0.05, 0.1) is 0 Å². The Labute approximate surface area is 72.0 Å². The third-order valence-electron chi connectivity index (χ3n) is 1.63. The van der Waals surface area contributed by atoms with E-state index in [1.54, 1.807) is 0 Å². The maximum Gasteiger partial charge on any atom is 0.107 e. The van der Waals surface area contributed by atoms with Crippen LogP contribution in [0.25, 0.3) is 0 Å². The van der Waals surface area contributed by atoms with E-state index in [0.717, 1.165) is 12.0 Å². The Hall–Kier alpha value is -1.12. The lowest BCUT2D eigenvalue weighted by atomic mass is 10.1. The molecule has 0 aliphatic rings. The van der Waals surface area contributed by atoms with Crippen molar-refractivity contribution in [3.05, 3.63) is 48.0 Å². The van der Waals surface area contributed by atoms with Crippen molar-refractivity contribution in [1.29, 1.82) is 0 Å². The van der Waals surface area contributed by atoms with E-state index in [9.17, 15) is 0 Å². The van der Waals surface area contributed by atoms with Gasteiger partial charge in [-0.2, -0.15) is 0 Å². The lowest BCUT2D eigenvalue weighted by molar-refractivity contribution is -0.253. The van der Waals surface area contributed by atoms with Gasteiger partial charge in [-0.15, -0.1) is 6.58 Å². The first-order valence-corrected chi connectivity index (χ1v) is 3.82. The highest BCUT2D eigenvalue weighted by Crippen LogP contribution is 2.05. The summed E-state index contributed by atoms with van der Waals surface area (Å²) in [6.07, 6.45) is 2.73. The summed E-state index contributed by atoms with van der Waals surface area (Å²) in [5, 5.41) is 8.18. The first kappa shape index (κ1) is 8.97. The van der Waals surface area contributed by atoms with Crippen molar-refractivity contribution in [1.82, 2.24) is 0 Å². The van der Waals surface area contributed by atoms with Gasteiger partial charge in [-0.05, 0) is 17.5 Å². The Morgan fingerprint density at radius 3 is 2.33 bits per heavy atom. The Balaban J connectivity index is 2.64. The molecule has 12 heavy (non-hydrogen) atoms. The number of benzene rings is 1. The molecule has 0 radical (unpaired) electrons. The second-order valence-electron chi connectivity index (χ2n) is 2.58. The smallest absolute Gasteiger partial charge is 0.107 e. The van der Waals surface area contributed by atoms with Crippen LogP contribution in [0, 0.1) is 0 Å². The standard InChI is InChI=1S/C10H12O2/c1-2-3-9-4-6-10(7-5-9)8-12-11/h2,4-7,11H,1,3,8H2. The molecule has 0 saturated carbocycles. The van der Waals surface area contributed by atoms with Gasteiger partial charge in [0.1, 0.15) is 6.61 Å². The third-order valence-corrected chi connectivity index (χ3v) is 1.63. The first-order valence-electron chi connectivity index (χ1n) is 3.82. The SMILES string of the molecule is C=CCc1ccc(COO)cc1. The molecule has 1 aromatic rings. The fourth-order valence-corrected chi connectivity index (χ4v) is 1.01. The summed E-state index contributed by atoms with van der Waals surface area (Å²) in [4.78, 5) is 4.01. The van der Waals surface area contributed by atoms with E-state index in [1.165, 1.54) is 5.56 Å². The van der Waals surface area contributed by atoms with Crippen LogP contribution >= 0.6 is 0 Å². The fraction of sp³-hybridized carbons (Fsp3) is 0.200. The van der Waals surface area contributed by atoms with E-state index >= 15 is 0 Å². The van der Waals surface area contributed by atoms with Crippen molar-refractivity contribution in [3.63, 3.8) is 0 Å². The predicted octanol–water partition coefficient (Wildman–Crippen LogP) is 2.40. The molecule has 0 amide bonds. The van der Waals surface area contributed by atoms with E-state index in [0.29, 0.717) is 0 Å². The summed E-state index contributed by atoms with van der Waals surface area (Å²) in [7, 11) is 0. The zero-order valence-corrected chi connectivity index (χ0v) is 6.86. The van der Waals surface area contributed by atoms with Crippen LogP contribution in [0.5, 0.6) is 0 Å². The third kappa shape index (κ3) is 2.49. The molecule has 64 valence electrons. The molecule has 0 fully saturated rings. The molecule has 0 aromatic heterocycles. The summed E-state index contributed by atoms with van der Waals surface area (Å²) in [6, 6.07) is 7.84. The van der Waals surface area contributed by atoms with Crippen molar-refractivity contribution < 1.29 is 10.1 Å². The maximum atomic E-state index is 8.18. The van der Waals surface area contributed by atoms with Crippen LogP contribution in [-0.2, 0) is 17.9 Å². The van der Waals surface area contributed by atoms with Gasteiger partial charge in [0.25, 0.3) is 0 Å². The fourth-order valence-electron chi connectivity index (χ4n) is 1.01. The molecule has 0 aliphatic heterocycles. The first-order chi connectivity index (χ1) is 5.86. The van der Waals surface area contributed by atoms with Crippen molar-refractivity contribution in [2.45, 2.75) is 13.0 Å². The number of hydrogen-bond acceptors (Lipinski definition) is 2. The molecule has 0 spiro atoms. The normalized spacial score (nSPS) is 9.75. The maximum absolute atomic E-state index is 8.18. The van der Waals surface area contributed by atoms with Crippen LogP contribution in [0.2, 0.25) is 0 Å². The summed E-state index contributed by atoms with van der Waals surface area (Å²) in [5.74, 6) is 0. The van der Waals surface area contributed by atoms with E-state index in [1.807, 2.05) is 30.3 Å². The minimum absolute atomic E-state index is 0.244. The molecule has 1 rings (SSSR count). The van der Waals surface area contributed by atoms with Gasteiger partial charge >= 0.3 is 0 Å². The Kier molecular flexibility index (Phi) is 3.51. The van der Waals surface area contributed by atoms with Crippen LogP contribution in [0.15, 0.2) is 36.9 Å². The predicted molar refractivity (Wildman–Crippen MR) is 47.8 cm³/mol. The Morgan fingerprint density at radius 1 is 1.25 bits per heavy atom. The van der Waals surface area contributed by atoms with E-state index < -0.39 is 0 Å². The van der Waals surface area contributed by atoms with E-state index in [2.05, 4.69) is 11.5 Å². The van der Waals surface area contributed by atoms with Gasteiger partial charge in [-0.25, -0.2) is 4.89 Å². The minimum Gasteiger partial charge on any atom is -0.251 e. The van der Waals surface area contributed by atoms with Crippen LogP contribution in [0.4, 0.5) is 0 Å². The van der Waals surface area contributed by atoms with Crippen LogP contribution in [0.3, 0.4) is 0 Å². The van der Waals surface area contributed by atoms with Gasteiger partial charge in [0.2, 0.25) is 0 Å². The topological polar surface area (TPSA) is 29.5 Å². The van der Waals surface area contributed by atoms with Crippen molar-refractivity contribution >= 4 is 0 Å². The number of allylic oxidation sites excluding steroid dienone is 1. The second kappa shape index (κ2) is 4.70. The molecular formula is C10H12O2. The number of rotatable bonds is 4. The zero-order chi connectivity index (χ0) is 8.81. The van der Waals surface area contributed by atoms with Crippen LogP contribution in [-0.4, -0.2) is 5.26 Å². The van der Waals surface area contributed by atoms with Gasteiger partial charge in [-0.3, -0.25) is 5.26 Å². The molecule has 2 heteroatoms. The number of hydrogen-bond donors (Lipinski definition) is 1. The molecule has 0 aliphatic carbocycles. The van der Waals surface area contributed by atoms with E-state index in [4.69, 9.17) is 5.26 Å². The monoisotopic (exact) mass is 164 g/mol. The lowest BCUT2D eigenvalue weighted by Crippen LogP contribution is -1.88. The highest BCUT2D eigenvalue weighted by molar-refractivity contribution is 5.23. The lowest BCUT2D eigenvalue weighted by Gasteiger charge is -1.99. The summed E-state index contributed by atoms with van der Waals surface area (Å²) >= 11 is 0. The highest BCUT2D eigenvalue weighted by Gasteiger charge is 1.92. The average Bonchev–Trinajstić information content (AvgIpc) is 2.09. The molecule has 0 saturated heterocycles. The van der Waals surface area contributed by atoms with Crippen molar-refractivity contribution in [2.75, 3.05) is 0 Å². The minimum atomic E-state index is 0.244. The molecular weight excluding hydrogens is 152 g/mol. The van der Waals surface area contributed by atoms with Gasteiger partial charge < -0.3 is 0 Å². The molecule has 2 nitrogen and oxygen atoms in total. The van der Waals surface area contributed by atoms with Gasteiger partial charge in [0, 0.05) is 0 Å². The van der Waals surface area contributed by atoms with Gasteiger partial charge in [-0.1, -0.05) is 30.3 Å². The molecule has 1 N–H and O–H groups in total. The van der Waals surface area contributed by atoms with Gasteiger partial charge in [0.15, 0.2) is 0 Å². The second-order valence-corrected chi connectivity index (χ2v) is 2.58. The largest absolute Gasteiger partial charge is 0.251 e. The Bertz CT molecular complexity index is 239. The zero-order valence-electron chi connectivity index (χ0n) is 6.86. The quantitative estimate of drug-likeness (QED) is 0.420. The molecule has 0 bridgehead atoms. The van der Waals surface area contributed by atoms with Crippen molar-refractivity contribution in [3.8, 4) is 0 Å². The molecule has 0 heterocycles. The summed E-state index contributed by atoms with van der Waals surface area (Å²) in [6.45, 7) is 3.89. The average molecular weight is 164 g/mol. The molecule has 0 atom stereocenters. The summed E-state index contributed by atoms with van der Waals surface area (Å²) in [5.41, 5.74) is 2.18. The molecule has 0 unspecified atom stereocenters.